The predicted octanol–water partition coefficient (Wildman–Crippen LogP) is 2.85. The van der Waals surface area contributed by atoms with E-state index in [9.17, 15) is 15.2 Å². The molecule has 0 spiro atoms. The van der Waals surface area contributed by atoms with Crippen molar-refractivity contribution in [3.8, 4) is 11.8 Å². The van der Waals surface area contributed by atoms with Gasteiger partial charge in [0.1, 0.15) is 29.5 Å². The molecular formula is C22H31N5O4. The number of piperidine rings is 1. The predicted molar refractivity (Wildman–Crippen MR) is 116 cm³/mol. The molecule has 2 aromatic heterocycles. The van der Waals surface area contributed by atoms with Crippen molar-refractivity contribution in [2.75, 3.05) is 24.6 Å². The van der Waals surface area contributed by atoms with Crippen LogP contribution >= 0.6 is 0 Å². The number of nitrogens with zero attached hydrogens (tertiary/aromatic N) is 4. The summed E-state index contributed by atoms with van der Waals surface area (Å²) in [5.74, 6) is 0.561. The molecule has 0 radical (unpaired) electrons. The highest BCUT2D eigenvalue weighted by Gasteiger charge is 2.26. The number of pyridine rings is 1. The summed E-state index contributed by atoms with van der Waals surface area (Å²) in [6.07, 6.45) is 4.34. The Balaban J connectivity index is 1.76. The number of amides is 1. The zero-order valence-corrected chi connectivity index (χ0v) is 18.8. The Hall–Kier alpha value is -2.99. The first-order valence-corrected chi connectivity index (χ1v) is 10.5. The second-order valence-corrected chi connectivity index (χ2v) is 9.53. The highest BCUT2D eigenvalue weighted by molar-refractivity contribution is 5.80. The normalized spacial score (nSPS) is 15.6. The van der Waals surface area contributed by atoms with E-state index in [2.05, 4.69) is 21.4 Å². The fraction of sp³-hybridized carbons (Fsp3) is 0.591. The van der Waals surface area contributed by atoms with Crippen molar-refractivity contribution in [1.29, 1.82) is 5.26 Å². The second-order valence-electron chi connectivity index (χ2n) is 9.53. The molecule has 0 bridgehead atoms. The first-order chi connectivity index (χ1) is 14.4. The van der Waals surface area contributed by atoms with Crippen LogP contribution in [-0.4, -0.2) is 57.8 Å². The van der Waals surface area contributed by atoms with Crippen LogP contribution in [0.25, 0.3) is 5.52 Å². The van der Waals surface area contributed by atoms with Gasteiger partial charge in [-0.05, 0) is 47.5 Å². The number of carbonyl (C=O) groups excluding carboxylic acids is 1. The number of nitriles is 1. The fourth-order valence-corrected chi connectivity index (χ4v) is 3.48. The molecule has 0 aliphatic carbocycles. The van der Waals surface area contributed by atoms with Crippen LogP contribution in [0.2, 0.25) is 0 Å². The third-order valence-corrected chi connectivity index (χ3v) is 4.84. The third-order valence-electron chi connectivity index (χ3n) is 4.84. The Bertz CT molecular complexity index is 973. The van der Waals surface area contributed by atoms with E-state index in [1.807, 2.05) is 26.8 Å². The largest absolute Gasteiger partial charge is 0.489 e. The van der Waals surface area contributed by atoms with Crippen LogP contribution in [0.1, 0.15) is 53.0 Å². The van der Waals surface area contributed by atoms with Gasteiger partial charge < -0.3 is 24.8 Å². The Morgan fingerprint density at radius 3 is 2.58 bits per heavy atom. The van der Waals surface area contributed by atoms with Crippen molar-refractivity contribution in [2.45, 2.75) is 64.7 Å². The molecule has 31 heavy (non-hydrogen) atoms. The Morgan fingerprint density at radius 1 is 1.32 bits per heavy atom. The lowest BCUT2D eigenvalue weighted by Gasteiger charge is -2.34. The first-order valence-electron chi connectivity index (χ1n) is 10.5. The van der Waals surface area contributed by atoms with Crippen molar-refractivity contribution in [2.24, 2.45) is 0 Å². The van der Waals surface area contributed by atoms with Crippen LogP contribution in [0.15, 0.2) is 18.5 Å². The molecule has 0 aromatic carbocycles. The molecule has 1 amide bonds. The van der Waals surface area contributed by atoms with Gasteiger partial charge in [-0.25, -0.2) is 9.31 Å². The van der Waals surface area contributed by atoms with Crippen LogP contribution in [0, 0.1) is 11.3 Å². The summed E-state index contributed by atoms with van der Waals surface area (Å²) in [4.78, 5) is 14.2. The van der Waals surface area contributed by atoms with Crippen molar-refractivity contribution < 1.29 is 19.4 Å². The van der Waals surface area contributed by atoms with Gasteiger partial charge in [0.2, 0.25) is 0 Å². The maximum atomic E-state index is 12.1. The highest BCUT2D eigenvalue weighted by atomic mass is 16.6. The van der Waals surface area contributed by atoms with Crippen molar-refractivity contribution >= 4 is 17.3 Å². The number of aliphatic hydroxyl groups is 1. The average Bonchev–Trinajstić information content (AvgIpc) is 3.07. The van der Waals surface area contributed by atoms with E-state index in [0.29, 0.717) is 24.4 Å². The molecule has 2 aromatic rings. The van der Waals surface area contributed by atoms with Crippen molar-refractivity contribution in [3.05, 3.63) is 24.0 Å². The number of rotatable bonds is 5. The van der Waals surface area contributed by atoms with Crippen molar-refractivity contribution in [3.63, 3.8) is 0 Å². The molecule has 1 saturated heterocycles. The molecule has 0 saturated carbocycles. The van der Waals surface area contributed by atoms with Crippen molar-refractivity contribution in [1.82, 2.24) is 14.9 Å². The van der Waals surface area contributed by atoms with Crippen LogP contribution < -0.4 is 15.0 Å². The van der Waals surface area contributed by atoms with Gasteiger partial charge in [0, 0.05) is 25.2 Å². The number of alkyl carbamates (subject to hydrolysis) is 1. The summed E-state index contributed by atoms with van der Waals surface area (Å²) < 4.78 is 12.8. The van der Waals surface area contributed by atoms with Gasteiger partial charge in [-0.2, -0.15) is 10.4 Å². The number of hydrogen-bond acceptors (Lipinski definition) is 7. The molecule has 1 fully saturated rings. The van der Waals surface area contributed by atoms with E-state index in [1.165, 1.54) is 6.20 Å². The average molecular weight is 430 g/mol. The minimum atomic E-state index is -0.970. The quantitative estimate of drug-likeness (QED) is 0.751. The minimum Gasteiger partial charge on any atom is -0.489 e. The zero-order valence-electron chi connectivity index (χ0n) is 18.8. The van der Waals surface area contributed by atoms with E-state index < -0.39 is 17.3 Å². The Labute approximate surface area is 182 Å². The molecule has 1 aliphatic rings. The van der Waals surface area contributed by atoms with Crippen LogP contribution in [0.4, 0.5) is 10.5 Å². The summed E-state index contributed by atoms with van der Waals surface area (Å²) in [6, 6.07) is 4.10. The van der Waals surface area contributed by atoms with Gasteiger partial charge in [-0.15, -0.1) is 0 Å². The van der Waals surface area contributed by atoms with E-state index in [-0.39, 0.29) is 12.6 Å². The standard InChI is InChI=1S/C22H31N5O4/c1-21(2,3)31-20(28)25-16-6-8-26(9-7-16)18-10-17(30-14-22(4,5)29)13-27-19(18)15(11-23)12-24-27/h10,12-13,16,29H,6-9,14H2,1-5H3,(H,25,28). The maximum absolute atomic E-state index is 12.1. The lowest BCUT2D eigenvalue weighted by molar-refractivity contribution is 0.0283. The first kappa shape index (κ1) is 22.7. The van der Waals surface area contributed by atoms with E-state index in [4.69, 9.17) is 9.47 Å². The van der Waals surface area contributed by atoms with E-state index in [0.717, 1.165) is 24.0 Å². The number of anilines is 1. The molecule has 9 heteroatoms. The topological polar surface area (TPSA) is 112 Å². The Kier molecular flexibility index (Phi) is 6.32. The lowest BCUT2D eigenvalue weighted by atomic mass is 10.0. The summed E-state index contributed by atoms with van der Waals surface area (Å²) in [7, 11) is 0. The van der Waals surface area contributed by atoms with Gasteiger partial charge in [0.25, 0.3) is 0 Å². The van der Waals surface area contributed by atoms with Gasteiger partial charge >= 0.3 is 6.09 Å². The number of ether oxygens (including phenoxy) is 2. The van der Waals surface area contributed by atoms with Gasteiger partial charge in [0.05, 0.1) is 29.2 Å². The van der Waals surface area contributed by atoms with Gasteiger partial charge in [-0.3, -0.25) is 0 Å². The molecule has 0 atom stereocenters. The number of aromatic nitrogens is 2. The molecule has 1 aliphatic heterocycles. The lowest BCUT2D eigenvalue weighted by Crippen LogP contribution is -2.46. The maximum Gasteiger partial charge on any atom is 0.407 e. The number of fused-ring (bicyclic) bond motifs is 1. The number of hydrogen-bond donors (Lipinski definition) is 2. The summed E-state index contributed by atoms with van der Waals surface area (Å²) in [5.41, 5.74) is 0.547. The summed E-state index contributed by atoms with van der Waals surface area (Å²) in [6.45, 7) is 10.4. The van der Waals surface area contributed by atoms with Gasteiger partial charge in [0.15, 0.2) is 0 Å². The molecule has 3 rings (SSSR count). The number of nitrogens with one attached hydrogen (secondary N) is 1. The molecule has 3 heterocycles. The SMILES string of the molecule is CC(C)(O)COc1cc(N2CCC(NC(=O)OC(C)(C)C)CC2)c2c(C#N)cnn2c1. The second kappa shape index (κ2) is 8.63. The summed E-state index contributed by atoms with van der Waals surface area (Å²) in [5, 5.41) is 26.7. The number of carbonyl (C=O) groups is 1. The molecule has 2 N–H and O–H groups in total. The fourth-order valence-electron chi connectivity index (χ4n) is 3.48. The zero-order chi connectivity index (χ0) is 22.8. The summed E-state index contributed by atoms with van der Waals surface area (Å²) >= 11 is 0. The molecule has 0 unspecified atom stereocenters. The smallest absolute Gasteiger partial charge is 0.407 e. The van der Waals surface area contributed by atoms with E-state index in [1.54, 1.807) is 24.6 Å². The van der Waals surface area contributed by atoms with Gasteiger partial charge in [-0.1, -0.05) is 0 Å². The molecule has 168 valence electrons. The van der Waals surface area contributed by atoms with Crippen LogP contribution in [-0.2, 0) is 4.74 Å². The van der Waals surface area contributed by atoms with Crippen LogP contribution in [0.5, 0.6) is 5.75 Å². The van der Waals surface area contributed by atoms with E-state index >= 15 is 0 Å². The third kappa shape index (κ3) is 6.01. The highest BCUT2D eigenvalue weighted by Crippen LogP contribution is 2.31. The van der Waals surface area contributed by atoms with Crippen LogP contribution in [0.3, 0.4) is 0 Å². The molecular weight excluding hydrogens is 398 g/mol. The monoisotopic (exact) mass is 429 g/mol. The minimum absolute atomic E-state index is 0.0251. The Morgan fingerprint density at radius 2 is 2.00 bits per heavy atom. The molecule has 9 nitrogen and oxygen atoms in total.